The molecule has 0 N–H and O–H groups in total. The zero-order valence-corrected chi connectivity index (χ0v) is 18.2. The van der Waals surface area contributed by atoms with Crippen molar-refractivity contribution >= 4 is 27.5 Å². The summed E-state index contributed by atoms with van der Waals surface area (Å²) in [5.41, 5.74) is 2.66. The molecule has 26 heavy (non-hydrogen) atoms. The Balaban J connectivity index is 1.79. The van der Waals surface area contributed by atoms with Gasteiger partial charge in [-0.2, -0.15) is 0 Å². The molecule has 2 saturated heterocycles. The van der Waals surface area contributed by atoms with Crippen molar-refractivity contribution in [2.75, 3.05) is 17.8 Å². The minimum Gasteiger partial charge on any atom is -0.544 e. The van der Waals surface area contributed by atoms with E-state index in [1.54, 1.807) is 0 Å². The second-order valence-electron chi connectivity index (χ2n) is 8.35. The van der Waals surface area contributed by atoms with Crippen molar-refractivity contribution in [3.63, 3.8) is 0 Å². The van der Waals surface area contributed by atoms with Crippen molar-refractivity contribution in [1.29, 1.82) is 0 Å². The molecule has 0 aliphatic carbocycles. The Kier molecular flexibility index (Phi) is 4.85. The van der Waals surface area contributed by atoms with E-state index in [1.807, 2.05) is 0 Å². The average Bonchev–Trinajstić information content (AvgIpc) is 3.17. The highest BCUT2D eigenvalue weighted by atomic mass is 31.1. The van der Waals surface area contributed by atoms with Gasteiger partial charge in [0.2, 0.25) is 8.32 Å². The molecule has 138 valence electrons. The highest BCUT2D eigenvalue weighted by Crippen LogP contribution is 2.56. The van der Waals surface area contributed by atoms with Crippen LogP contribution in [0.1, 0.15) is 18.4 Å². The zero-order valence-electron chi connectivity index (χ0n) is 16.3. The lowest BCUT2D eigenvalue weighted by atomic mass is 10.2. The van der Waals surface area contributed by atoms with Crippen LogP contribution in [0.3, 0.4) is 0 Å². The van der Waals surface area contributed by atoms with Crippen LogP contribution in [0.25, 0.3) is 0 Å². The Bertz CT molecular complexity index is 777. The quantitative estimate of drug-likeness (QED) is 0.537. The first-order valence-electron chi connectivity index (χ1n) is 9.61. The number of anilines is 1. The molecule has 2 atom stereocenters. The third-order valence-corrected chi connectivity index (χ3v) is 8.48. The Morgan fingerprint density at radius 3 is 2.58 bits per heavy atom. The predicted molar refractivity (Wildman–Crippen MR) is 115 cm³/mol. The van der Waals surface area contributed by atoms with E-state index in [0.29, 0.717) is 6.04 Å². The number of nitrogens with zero attached hydrogens (tertiary/aromatic N) is 2. The summed E-state index contributed by atoms with van der Waals surface area (Å²) in [6.45, 7) is 11.3. The average molecular weight is 385 g/mol. The maximum Gasteiger partial charge on any atom is 0.242 e. The maximum atomic E-state index is 6.53. The Morgan fingerprint density at radius 1 is 1.08 bits per heavy atom. The number of hydrogen-bond donors (Lipinski definition) is 0. The molecule has 2 aromatic carbocycles. The van der Waals surface area contributed by atoms with Gasteiger partial charge in [0, 0.05) is 24.8 Å². The fourth-order valence-corrected chi connectivity index (χ4v) is 7.85. The molecule has 0 radical (unpaired) electrons. The summed E-state index contributed by atoms with van der Waals surface area (Å²) >= 11 is 0. The van der Waals surface area contributed by atoms with Gasteiger partial charge in [-0.1, -0.05) is 29.8 Å². The van der Waals surface area contributed by atoms with E-state index in [2.05, 4.69) is 84.4 Å². The van der Waals surface area contributed by atoms with Crippen LogP contribution in [0.5, 0.6) is 5.75 Å². The van der Waals surface area contributed by atoms with Crippen LogP contribution in [-0.2, 0) is 0 Å². The maximum absolute atomic E-state index is 6.53. The molecule has 4 rings (SSSR count). The van der Waals surface area contributed by atoms with E-state index < -0.39 is 16.5 Å². The van der Waals surface area contributed by atoms with Gasteiger partial charge < -0.3 is 9.10 Å². The van der Waals surface area contributed by atoms with E-state index in [0.717, 1.165) is 12.3 Å². The molecule has 2 aliphatic heterocycles. The third-order valence-electron chi connectivity index (χ3n) is 5.00. The van der Waals surface area contributed by atoms with Crippen molar-refractivity contribution in [2.24, 2.45) is 0 Å². The van der Waals surface area contributed by atoms with Gasteiger partial charge in [-0.15, -0.1) is 0 Å². The minimum atomic E-state index is -1.66. The Labute approximate surface area is 160 Å². The summed E-state index contributed by atoms with van der Waals surface area (Å²) < 4.78 is 11.9. The summed E-state index contributed by atoms with van der Waals surface area (Å²) in [6, 6.07) is 18.4. The molecular weight excluding hydrogens is 355 g/mol. The second kappa shape index (κ2) is 6.99. The molecular formula is C21H29N2OPSi. The molecule has 2 aliphatic rings. The molecule has 0 bridgehead atoms. The molecule has 3 nitrogen and oxygen atoms in total. The molecule has 0 amide bonds. The van der Waals surface area contributed by atoms with Crippen molar-refractivity contribution in [3.05, 3.63) is 54.1 Å². The van der Waals surface area contributed by atoms with Gasteiger partial charge in [-0.25, -0.2) is 0 Å². The van der Waals surface area contributed by atoms with Gasteiger partial charge in [-0.05, 0) is 63.7 Å². The summed E-state index contributed by atoms with van der Waals surface area (Å²) in [5, 5.41) is 1.40. The molecule has 2 aromatic rings. The normalized spacial score (nSPS) is 23.3. The van der Waals surface area contributed by atoms with Gasteiger partial charge in [0.25, 0.3) is 0 Å². The Morgan fingerprint density at radius 2 is 1.85 bits per heavy atom. The fourth-order valence-electron chi connectivity index (χ4n) is 3.95. The van der Waals surface area contributed by atoms with Crippen LogP contribution in [0.2, 0.25) is 19.6 Å². The first-order chi connectivity index (χ1) is 12.4. The molecule has 0 aromatic heterocycles. The monoisotopic (exact) mass is 384 g/mol. The number of hydrogen-bond acceptors (Lipinski definition) is 3. The number of benzene rings is 2. The first kappa shape index (κ1) is 18.0. The van der Waals surface area contributed by atoms with Crippen LogP contribution >= 0.6 is 8.22 Å². The molecule has 1 unspecified atom stereocenters. The third kappa shape index (κ3) is 3.55. The van der Waals surface area contributed by atoms with Gasteiger partial charge >= 0.3 is 0 Å². The molecule has 2 fully saturated rings. The first-order valence-corrected chi connectivity index (χ1v) is 14.3. The van der Waals surface area contributed by atoms with Crippen molar-refractivity contribution in [2.45, 2.75) is 45.4 Å². The lowest BCUT2D eigenvalue weighted by Gasteiger charge is -2.33. The molecule has 5 heteroatoms. The van der Waals surface area contributed by atoms with E-state index in [-0.39, 0.29) is 0 Å². The number of rotatable bonds is 4. The fraction of sp³-hybridized carbons (Fsp3) is 0.429. The minimum absolute atomic E-state index is 0.546. The summed E-state index contributed by atoms with van der Waals surface area (Å²) in [5.74, 6) is 1.11. The smallest absolute Gasteiger partial charge is 0.242 e. The summed E-state index contributed by atoms with van der Waals surface area (Å²) in [4.78, 5) is 0. The largest absolute Gasteiger partial charge is 0.544 e. The van der Waals surface area contributed by atoms with Gasteiger partial charge in [0.15, 0.2) is 0 Å². The highest BCUT2D eigenvalue weighted by molar-refractivity contribution is 7.65. The zero-order chi connectivity index (χ0) is 18.3. The number of para-hydroxylation sites is 1. The predicted octanol–water partition coefficient (Wildman–Crippen LogP) is 5.13. The van der Waals surface area contributed by atoms with Gasteiger partial charge in [0.05, 0.1) is 5.30 Å². The topological polar surface area (TPSA) is 15.7 Å². The van der Waals surface area contributed by atoms with Crippen molar-refractivity contribution in [3.8, 4) is 5.75 Å². The lowest BCUT2D eigenvalue weighted by molar-refractivity contribution is 0.467. The van der Waals surface area contributed by atoms with Crippen LogP contribution in [-0.4, -0.2) is 32.1 Å². The standard InChI is InChI=1S/C21H29N2OPSi/c1-17-12-13-20(24-26(2,3)4)21(15-17)25-22-14-8-11-19(22)16-23(25)18-9-6-5-7-10-18/h5-7,9-10,12-13,15,19H,8,11,14,16H2,1-4H3/t19-,25?/m0/s1. The molecule has 0 saturated carbocycles. The number of fused-ring (bicyclic) bond motifs is 1. The SMILES string of the molecule is Cc1ccc(O[Si](C)(C)C)c(P2N(c3ccccc3)C[C@@H]3CCCN32)c1. The van der Waals surface area contributed by atoms with Crippen LogP contribution in [0.4, 0.5) is 5.69 Å². The van der Waals surface area contributed by atoms with Crippen LogP contribution in [0, 0.1) is 6.92 Å². The van der Waals surface area contributed by atoms with Crippen LogP contribution in [0.15, 0.2) is 48.5 Å². The lowest BCUT2D eigenvalue weighted by Crippen LogP contribution is -2.33. The van der Waals surface area contributed by atoms with Gasteiger partial charge in [0.1, 0.15) is 14.0 Å². The second-order valence-corrected chi connectivity index (χ2v) is 14.8. The summed E-state index contributed by atoms with van der Waals surface area (Å²) in [6.07, 6.45) is 2.64. The Hall–Kier alpha value is -1.35. The summed E-state index contributed by atoms with van der Waals surface area (Å²) in [7, 11) is -2.21. The van der Waals surface area contributed by atoms with Gasteiger partial charge in [-0.3, -0.25) is 4.67 Å². The highest BCUT2D eigenvalue weighted by Gasteiger charge is 2.44. The van der Waals surface area contributed by atoms with E-state index in [4.69, 9.17) is 4.43 Å². The van der Waals surface area contributed by atoms with Crippen LogP contribution < -0.4 is 14.4 Å². The van der Waals surface area contributed by atoms with Crippen molar-refractivity contribution in [1.82, 2.24) is 4.67 Å². The molecule has 0 spiro atoms. The number of aryl methyl sites for hydroxylation is 1. The van der Waals surface area contributed by atoms with E-state index in [9.17, 15) is 0 Å². The molecule has 2 heterocycles. The van der Waals surface area contributed by atoms with E-state index >= 15 is 0 Å². The van der Waals surface area contributed by atoms with E-state index in [1.165, 1.54) is 35.9 Å². The van der Waals surface area contributed by atoms with Crippen molar-refractivity contribution < 1.29 is 4.43 Å².